The van der Waals surface area contributed by atoms with Gasteiger partial charge in [0.15, 0.2) is 11.5 Å². The second kappa shape index (κ2) is 11.9. The Labute approximate surface area is 194 Å². The maximum Gasteiger partial charge on any atom is 0.163 e. The number of hydrogen-bond donors (Lipinski definition) is 1. The number of rotatable bonds is 10. The first-order valence-corrected chi connectivity index (χ1v) is 11.6. The first-order valence-electron chi connectivity index (χ1n) is 10.5. The van der Waals surface area contributed by atoms with Crippen LogP contribution in [0.5, 0.6) is 11.5 Å². The zero-order valence-corrected chi connectivity index (χ0v) is 19.5. The van der Waals surface area contributed by atoms with Crippen molar-refractivity contribution in [2.75, 3.05) is 13.2 Å². The minimum Gasteiger partial charge on any atom is -0.490 e. The molecule has 0 aliphatic heterocycles. The Hall–Kier alpha value is -1.39. The molecule has 3 rings (SSSR count). The number of hydrogen-bond acceptors (Lipinski definition) is 3. The molecule has 0 saturated carbocycles. The average molecular weight is 469 g/mol. The Morgan fingerprint density at radius 1 is 0.967 bits per heavy atom. The van der Waals surface area contributed by atoms with Crippen LogP contribution in [0.2, 0.25) is 15.1 Å². The predicted octanol–water partition coefficient (Wildman–Crippen LogP) is 7.60. The van der Waals surface area contributed by atoms with E-state index in [1.54, 1.807) is 23.8 Å². The summed E-state index contributed by atoms with van der Waals surface area (Å²) < 4.78 is 11.8. The molecule has 0 spiro atoms. The molecular formula is C24H28Cl3NO2. The second-order valence-corrected chi connectivity index (χ2v) is 8.57. The Bertz CT molecular complexity index is 863. The van der Waals surface area contributed by atoms with Gasteiger partial charge in [0.1, 0.15) is 6.61 Å². The Balaban J connectivity index is 1.63. The van der Waals surface area contributed by atoms with Gasteiger partial charge in [0.25, 0.3) is 0 Å². The Morgan fingerprint density at radius 2 is 1.73 bits per heavy atom. The van der Waals surface area contributed by atoms with Crippen molar-refractivity contribution in [2.24, 2.45) is 0 Å². The molecule has 0 radical (unpaired) electrons. The molecule has 2 aromatic rings. The lowest BCUT2D eigenvalue weighted by molar-refractivity contribution is 0.269. The van der Waals surface area contributed by atoms with Gasteiger partial charge in [-0.3, -0.25) is 0 Å². The summed E-state index contributed by atoms with van der Waals surface area (Å²) in [5.41, 5.74) is 3.29. The van der Waals surface area contributed by atoms with E-state index in [0.717, 1.165) is 24.1 Å². The first-order chi connectivity index (χ1) is 14.6. The number of allylic oxidation sites excluding steroid dienone is 1. The van der Waals surface area contributed by atoms with Gasteiger partial charge in [-0.05, 0) is 69.3 Å². The maximum absolute atomic E-state index is 6.53. The van der Waals surface area contributed by atoms with Gasteiger partial charge in [0.05, 0.1) is 6.61 Å². The number of nitrogens with one attached hydrogen (secondary N) is 1. The number of ether oxygens (including phenoxy) is 2. The number of halogens is 3. The van der Waals surface area contributed by atoms with Crippen LogP contribution < -0.4 is 14.8 Å². The van der Waals surface area contributed by atoms with Crippen LogP contribution in [0.4, 0.5) is 0 Å². The molecule has 0 fully saturated rings. The lowest BCUT2D eigenvalue weighted by Crippen LogP contribution is -2.16. The van der Waals surface area contributed by atoms with E-state index in [2.05, 4.69) is 11.4 Å². The van der Waals surface area contributed by atoms with Gasteiger partial charge in [0, 0.05) is 33.2 Å². The normalized spacial score (nSPS) is 13.8. The van der Waals surface area contributed by atoms with Crippen molar-refractivity contribution < 1.29 is 9.47 Å². The second-order valence-electron chi connectivity index (χ2n) is 7.35. The molecule has 0 aromatic heterocycles. The van der Waals surface area contributed by atoms with Crippen LogP contribution in [0.3, 0.4) is 0 Å². The third kappa shape index (κ3) is 6.55. The van der Waals surface area contributed by atoms with Gasteiger partial charge in [-0.2, -0.15) is 0 Å². The monoisotopic (exact) mass is 467 g/mol. The molecule has 0 bridgehead atoms. The summed E-state index contributed by atoms with van der Waals surface area (Å²) in [6, 6.07) is 9.14. The molecule has 30 heavy (non-hydrogen) atoms. The SMILES string of the molecule is CCOc1cc(CNCCC2=CCCCC2)c(Cl)cc1OCc1c(Cl)cccc1Cl. The van der Waals surface area contributed by atoms with E-state index >= 15 is 0 Å². The highest BCUT2D eigenvalue weighted by molar-refractivity contribution is 6.36. The standard InChI is InChI=1S/C24H28Cl3NO2/c1-2-29-23-13-18(15-28-12-11-17-7-4-3-5-8-17)22(27)14-24(23)30-16-19-20(25)9-6-10-21(19)26/h6-7,9-10,13-14,28H,2-5,8,11-12,15-16H2,1H3. The minimum atomic E-state index is 0.238. The van der Waals surface area contributed by atoms with Gasteiger partial charge in [-0.15, -0.1) is 0 Å². The molecule has 1 aliphatic carbocycles. The third-order valence-electron chi connectivity index (χ3n) is 5.17. The highest BCUT2D eigenvalue weighted by atomic mass is 35.5. The molecular weight excluding hydrogens is 441 g/mol. The fourth-order valence-corrected chi connectivity index (χ4v) is 4.24. The van der Waals surface area contributed by atoms with Crippen molar-refractivity contribution in [3.05, 3.63) is 68.2 Å². The van der Waals surface area contributed by atoms with E-state index in [9.17, 15) is 0 Å². The molecule has 0 unspecified atom stereocenters. The van der Waals surface area contributed by atoms with Crippen molar-refractivity contribution in [1.82, 2.24) is 5.32 Å². The van der Waals surface area contributed by atoms with Crippen LogP contribution in [-0.4, -0.2) is 13.2 Å². The lowest BCUT2D eigenvalue weighted by Gasteiger charge is -2.17. The van der Waals surface area contributed by atoms with Gasteiger partial charge in [-0.25, -0.2) is 0 Å². The highest BCUT2D eigenvalue weighted by Crippen LogP contribution is 2.35. The largest absolute Gasteiger partial charge is 0.490 e. The van der Waals surface area contributed by atoms with Crippen LogP contribution in [0.1, 0.15) is 50.2 Å². The zero-order valence-electron chi connectivity index (χ0n) is 17.3. The van der Waals surface area contributed by atoms with Crippen molar-refractivity contribution in [2.45, 2.75) is 52.2 Å². The molecule has 3 nitrogen and oxygen atoms in total. The fourth-order valence-electron chi connectivity index (χ4n) is 3.52. The van der Waals surface area contributed by atoms with Crippen LogP contribution in [-0.2, 0) is 13.2 Å². The summed E-state index contributed by atoms with van der Waals surface area (Å²) in [5.74, 6) is 1.24. The third-order valence-corrected chi connectivity index (χ3v) is 6.23. The number of benzene rings is 2. The molecule has 0 heterocycles. The molecule has 0 amide bonds. The predicted molar refractivity (Wildman–Crippen MR) is 126 cm³/mol. The van der Waals surface area contributed by atoms with Crippen molar-refractivity contribution in [1.29, 1.82) is 0 Å². The van der Waals surface area contributed by atoms with Gasteiger partial charge in [-0.1, -0.05) is 52.5 Å². The summed E-state index contributed by atoms with van der Waals surface area (Å²) in [5, 5.41) is 5.28. The van der Waals surface area contributed by atoms with Crippen molar-refractivity contribution in [3.63, 3.8) is 0 Å². The zero-order chi connectivity index (χ0) is 21.3. The van der Waals surface area contributed by atoms with E-state index < -0.39 is 0 Å². The average Bonchev–Trinajstić information content (AvgIpc) is 2.74. The quantitative estimate of drug-likeness (QED) is 0.287. The molecule has 0 atom stereocenters. The van der Waals surface area contributed by atoms with Crippen LogP contribution in [0.15, 0.2) is 42.0 Å². The molecule has 2 aromatic carbocycles. The van der Waals surface area contributed by atoms with Crippen molar-refractivity contribution in [3.8, 4) is 11.5 Å². The van der Waals surface area contributed by atoms with Crippen LogP contribution >= 0.6 is 34.8 Å². The van der Waals surface area contributed by atoms with E-state index in [1.165, 1.54) is 25.7 Å². The highest BCUT2D eigenvalue weighted by Gasteiger charge is 2.13. The summed E-state index contributed by atoms with van der Waals surface area (Å²) in [4.78, 5) is 0. The minimum absolute atomic E-state index is 0.238. The van der Waals surface area contributed by atoms with Gasteiger partial charge in [0.2, 0.25) is 0 Å². The van der Waals surface area contributed by atoms with Gasteiger partial charge < -0.3 is 14.8 Å². The summed E-state index contributed by atoms with van der Waals surface area (Å²) in [6.07, 6.45) is 8.58. The molecule has 1 N–H and O–H groups in total. The fraction of sp³-hybridized carbons (Fsp3) is 0.417. The summed E-state index contributed by atoms with van der Waals surface area (Å²) in [7, 11) is 0. The maximum atomic E-state index is 6.53. The summed E-state index contributed by atoms with van der Waals surface area (Å²) >= 11 is 19.0. The molecule has 162 valence electrons. The van der Waals surface area contributed by atoms with E-state index in [0.29, 0.717) is 39.7 Å². The van der Waals surface area contributed by atoms with Crippen LogP contribution in [0, 0.1) is 0 Å². The molecule has 1 aliphatic rings. The van der Waals surface area contributed by atoms with Gasteiger partial charge >= 0.3 is 0 Å². The topological polar surface area (TPSA) is 30.5 Å². The van der Waals surface area contributed by atoms with E-state index in [-0.39, 0.29) is 6.61 Å². The van der Waals surface area contributed by atoms with Crippen molar-refractivity contribution >= 4 is 34.8 Å². The molecule has 6 heteroatoms. The summed E-state index contributed by atoms with van der Waals surface area (Å²) in [6.45, 7) is 4.34. The smallest absolute Gasteiger partial charge is 0.163 e. The Kier molecular flexibility index (Phi) is 9.20. The lowest BCUT2D eigenvalue weighted by atomic mass is 9.97. The first kappa shape index (κ1) is 23.3. The van der Waals surface area contributed by atoms with E-state index in [4.69, 9.17) is 44.3 Å². The Morgan fingerprint density at radius 3 is 2.43 bits per heavy atom. The van der Waals surface area contributed by atoms with E-state index in [1.807, 2.05) is 19.1 Å². The van der Waals surface area contributed by atoms with Crippen LogP contribution in [0.25, 0.3) is 0 Å². The molecule has 0 saturated heterocycles.